The summed E-state index contributed by atoms with van der Waals surface area (Å²) in [5.74, 6) is -3.15. The third kappa shape index (κ3) is 6.71. The molecule has 0 N–H and O–H groups in total. The van der Waals surface area contributed by atoms with Crippen molar-refractivity contribution in [1.29, 1.82) is 0 Å². The predicted molar refractivity (Wildman–Crippen MR) is 161 cm³/mol. The summed E-state index contributed by atoms with van der Waals surface area (Å²) >= 11 is 10.6. The SMILES string of the molecule is ClP(CC=CCCCCCCCCCI)(c1ccccc1)(c1ccccc1)c1ccccc1. The molecule has 3 heteroatoms. The van der Waals surface area contributed by atoms with Gasteiger partial charge in [-0.3, -0.25) is 0 Å². The van der Waals surface area contributed by atoms with Crippen molar-refractivity contribution in [3.8, 4) is 0 Å². The topological polar surface area (TPSA) is 0 Å². The Balaban J connectivity index is 1.79. The average Bonchev–Trinajstić information content (AvgIpc) is 2.89. The van der Waals surface area contributed by atoms with E-state index in [1.54, 1.807) is 0 Å². The molecule has 0 aliphatic carbocycles. The molecule has 0 saturated heterocycles. The van der Waals surface area contributed by atoms with Crippen LogP contribution >= 0.6 is 39.8 Å². The van der Waals surface area contributed by atoms with Gasteiger partial charge in [-0.2, -0.15) is 0 Å². The molecule has 0 heterocycles. The Morgan fingerprint density at radius 3 is 1.36 bits per heavy atom. The zero-order valence-electron chi connectivity index (χ0n) is 19.6. The predicted octanol–water partition coefficient (Wildman–Crippen LogP) is 8.78. The Kier molecular flexibility index (Phi) is 11.0. The van der Waals surface area contributed by atoms with E-state index < -0.39 is 5.96 Å². The molecular weight excluding hydrogens is 554 g/mol. The van der Waals surface area contributed by atoms with Gasteiger partial charge in [0.05, 0.1) is 0 Å². The molecule has 0 atom stereocenters. The van der Waals surface area contributed by atoms with Gasteiger partial charge in [-0.15, -0.1) is 0 Å². The van der Waals surface area contributed by atoms with Gasteiger partial charge in [0.15, 0.2) is 0 Å². The number of benzene rings is 3. The fourth-order valence-electron chi connectivity index (χ4n) is 4.61. The molecule has 0 aliphatic rings. The molecule has 0 saturated carbocycles. The first-order valence-electron chi connectivity index (χ1n) is 12.3. The van der Waals surface area contributed by atoms with Crippen molar-refractivity contribution in [3.05, 3.63) is 103 Å². The van der Waals surface area contributed by atoms with Crippen LogP contribution in [0.1, 0.15) is 51.4 Å². The third-order valence-electron chi connectivity index (χ3n) is 6.50. The minimum absolute atomic E-state index is 0.835. The summed E-state index contributed by atoms with van der Waals surface area (Å²) in [5, 5.41) is 3.70. The van der Waals surface area contributed by atoms with Gasteiger partial charge in [-0.05, 0) is 0 Å². The van der Waals surface area contributed by atoms with Crippen molar-refractivity contribution in [3.63, 3.8) is 0 Å². The monoisotopic (exact) mass is 590 g/mol. The van der Waals surface area contributed by atoms with Crippen LogP contribution in [0, 0.1) is 0 Å². The zero-order valence-corrected chi connectivity index (χ0v) is 23.4. The first-order chi connectivity index (χ1) is 16.2. The van der Waals surface area contributed by atoms with Crippen molar-refractivity contribution in [2.75, 3.05) is 10.6 Å². The number of unbranched alkanes of at least 4 members (excludes halogenated alkanes) is 7. The number of rotatable bonds is 14. The summed E-state index contributed by atoms with van der Waals surface area (Å²) in [4.78, 5) is 0. The summed E-state index contributed by atoms with van der Waals surface area (Å²) in [6.45, 7) is 0. The van der Waals surface area contributed by atoms with E-state index in [2.05, 4.69) is 126 Å². The van der Waals surface area contributed by atoms with E-state index >= 15 is 0 Å². The molecule has 3 aromatic carbocycles. The van der Waals surface area contributed by atoms with Crippen LogP contribution < -0.4 is 15.9 Å². The number of hydrogen-bond acceptors (Lipinski definition) is 0. The number of halogens is 2. The van der Waals surface area contributed by atoms with Crippen LogP contribution in [-0.2, 0) is 0 Å². The van der Waals surface area contributed by atoms with Crippen LogP contribution in [0.25, 0.3) is 0 Å². The van der Waals surface area contributed by atoms with E-state index in [0.29, 0.717) is 0 Å². The van der Waals surface area contributed by atoms with Gasteiger partial charge in [-0.25, -0.2) is 0 Å². The van der Waals surface area contributed by atoms with Crippen LogP contribution in [0.5, 0.6) is 0 Å². The van der Waals surface area contributed by atoms with Crippen molar-refractivity contribution in [2.24, 2.45) is 0 Å². The van der Waals surface area contributed by atoms with Gasteiger partial charge >= 0.3 is 198 Å². The quantitative estimate of drug-likeness (QED) is 0.0579. The van der Waals surface area contributed by atoms with Gasteiger partial charge in [0.25, 0.3) is 0 Å². The fourth-order valence-corrected chi connectivity index (χ4v) is 10.9. The Morgan fingerprint density at radius 2 is 0.939 bits per heavy atom. The molecule has 0 spiro atoms. The summed E-state index contributed by atoms with van der Waals surface area (Å²) in [6.07, 6.45) is 16.2. The number of alkyl halides is 1. The molecule has 176 valence electrons. The normalized spacial score (nSPS) is 13.1. The summed E-state index contributed by atoms with van der Waals surface area (Å²) in [6, 6.07) is 32.3. The number of allylic oxidation sites excluding steroid dienone is 2. The molecule has 33 heavy (non-hydrogen) atoms. The van der Waals surface area contributed by atoms with E-state index in [4.69, 9.17) is 11.2 Å². The molecule has 3 rings (SSSR count). The Labute approximate surface area is 219 Å². The van der Waals surface area contributed by atoms with E-state index in [-0.39, 0.29) is 0 Å². The standard InChI is InChI=1S/C30H37ClIP/c31-33(28-20-12-9-13-21-28,29-22-14-10-15-23-29,30-24-16-11-17-25-30)27-19-8-6-4-2-1-3-5-7-18-26-32/h8-17,19-25H,1-7,18,26-27H2. The molecule has 0 unspecified atom stereocenters. The maximum absolute atomic E-state index is 8.08. The molecule has 0 nitrogen and oxygen atoms in total. The van der Waals surface area contributed by atoms with E-state index in [0.717, 1.165) is 12.6 Å². The molecule has 0 aromatic heterocycles. The molecule has 0 amide bonds. The summed E-state index contributed by atoms with van der Waals surface area (Å²) < 4.78 is 1.29. The Morgan fingerprint density at radius 1 is 0.545 bits per heavy atom. The van der Waals surface area contributed by atoms with Crippen molar-refractivity contribution in [2.45, 2.75) is 51.4 Å². The van der Waals surface area contributed by atoms with Gasteiger partial charge < -0.3 is 0 Å². The van der Waals surface area contributed by atoms with Crippen molar-refractivity contribution in [1.82, 2.24) is 0 Å². The zero-order chi connectivity index (χ0) is 23.3. The van der Waals surface area contributed by atoms with Gasteiger partial charge in [0.2, 0.25) is 0 Å². The maximum atomic E-state index is 8.08. The van der Waals surface area contributed by atoms with Crippen LogP contribution in [0.2, 0.25) is 0 Å². The Hall–Kier alpha value is -1.15. The minimum atomic E-state index is -3.15. The van der Waals surface area contributed by atoms with Crippen LogP contribution in [0.3, 0.4) is 0 Å². The van der Waals surface area contributed by atoms with Crippen LogP contribution in [0.4, 0.5) is 0 Å². The van der Waals surface area contributed by atoms with Gasteiger partial charge in [-0.1, -0.05) is 22.6 Å². The molecule has 0 aliphatic heterocycles. The van der Waals surface area contributed by atoms with Crippen LogP contribution in [-0.4, -0.2) is 10.6 Å². The van der Waals surface area contributed by atoms with E-state index in [1.807, 2.05) is 0 Å². The number of hydrogen-bond donors (Lipinski definition) is 0. The first-order valence-corrected chi connectivity index (χ1v) is 17.2. The van der Waals surface area contributed by atoms with Crippen molar-refractivity contribution < 1.29 is 0 Å². The molecular formula is C30H37ClIP. The molecule has 0 radical (unpaired) electrons. The second-order valence-electron chi connectivity index (χ2n) is 8.80. The van der Waals surface area contributed by atoms with Crippen molar-refractivity contribution >= 4 is 55.7 Å². The second-order valence-corrected chi connectivity index (χ2v) is 16.4. The average molecular weight is 591 g/mol. The molecule has 0 bridgehead atoms. The van der Waals surface area contributed by atoms with Gasteiger partial charge in [0.1, 0.15) is 0 Å². The second kappa shape index (κ2) is 13.7. The molecule has 0 fully saturated rings. The van der Waals surface area contributed by atoms with Gasteiger partial charge in [0, 0.05) is 0 Å². The Bertz CT molecular complexity index is 857. The van der Waals surface area contributed by atoms with E-state index in [9.17, 15) is 0 Å². The third-order valence-corrected chi connectivity index (χ3v) is 14.5. The molecule has 3 aromatic rings. The van der Waals surface area contributed by atoms with E-state index in [1.165, 1.54) is 65.3 Å². The van der Waals surface area contributed by atoms with Crippen LogP contribution in [0.15, 0.2) is 103 Å². The first kappa shape index (κ1) is 26.5. The fraction of sp³-hybridized carbons (Fsp3) is 0.333. The summed E-state index contributed by atoms with van der Waals surface area (Å²) in [7, 11) is 0. The summed E-state index contributed by atoms with van der Waals surface area (Å²) in [5.41, 5.74) is 0.